The first-order valence-corrected chi connectivity index (χ1v) is 7.89. The minimum atomic E-state index is -0.626. The van der Waals surface area contributed by atoms with Crippen LogP contribution in [0.4, 0.5) is 5.69 Å². The van der Waals surface area contributed by atoms with Gasteiger partial charge in [0.1, 0.15) is 5.75 Å². The number of aromatic nitrogens is 1. The predicted molar refractivity (Wildman–Crippen MR) is 98.5 cm³/mol. The zero-order valence-corrected chi connectivity index (χ0v) is 13.8. The van der Waals surface area contributed by atoms with Crippen molar-refractivity contribution in [2.24, 2.45) is 0 Å². The van der Waals surface area contributed by atoms with Gasteiger partial charge in [-0.2, -0.15) is 0 Å². The highest BCUT2D eigenvalue weighted by molar-refractivity contribution is 5.96. The second kappa shape index (κ2) is 7.94. The molecule has 0 spiro atoms. The van der Waals surface area contributed by atoms with Gasteiger partial charge in [0.15, 0.2) is 6.61 Å². The molecule has 0 aliphatic heterocycles. The molecule has 1 aromatic heterocycles. The zero-order valence-electron chi connectivity index (χ0n) is 13.8. The highest BCUT2D eigenvalue weighted by atomic mass is 16.5. The Balaban J connectivity index is 1.55. The molecule has 0 fully saturated rings. The summed E-state index contributed by atoms with van der Waals surface area (Å²) in [5.74, 6) is -0.995. The number of hydrogen-bond acceptors (Lipinski definition) is 5. The molecule has 0 atom stereocenters. The first-order chi connectivity index (χ1) is 12.6. The summed E-state index contributed by atoms with van der Waals surface area (Å²) in [6, 6.07) is 15.4. The van der Waals surface area contributed by atoms with Gasteiger partial charge in [-0.05, 0) is 36.4 Å². The third kappa shape index (κ3) is 4.45. The number of rotatable bonds is 5. The van der Waals surface area contributed by atoms with Crippen LogP contribution in [0.25, 0.3) is 17.0 Å². The van der Waals surface area contributed by atoms with Crippen molar-refractivity contribution in [2.75, 3.05) is 11.9 Å². The van der Waals surface area contributed by atoms with Gasteiger partial charge >= 0.3 is 5.97 Å². The number of phenols is 1. The molecule has 0 saturated carbocycles. The summed E-state index contributed by atoms with van der Waals surface area (Å²) >= 11 is 0. The van der Waals surface area contributed by atoms with E-state index in [9.17, 15) is 14.7 Å². The average Bonchev–Trinajstić information content (AvgIpc) is 2.66. The van der Waals surface area contributed by atoms with Gasteiger partial charge in [-0.25, -0.2) is 4.79 Å². The lowest BCUT2D eigenvalue weighted by molar-refractivity contribution is -0.142. The van der Waals surface area contributed by atoms with E-state index < -0.39 is 18.5 Å². The molecule has 3 aromatic rings. The van der Waals surface area contributed by atoms with Crippen LogP contribution in [0.1, 0.15) is 5.56 Å². The number of benzene rings is 2. The number of fused-ring (bicyclic) bond motifs is 1. The number of esters is 1. The second-order valence-electron chi connectivity index (χ2n) is 5.46. The molecule has 6 nitrogen and oxygen atoms in total. The number of ether oxygens (including phenoxy) is 1. The van der Waals surface area contributed by atoms with Crippen LogP contribution in [0.3, 0.4) is 0 Å². The summed E-state index contributed by atoms with van der Waals surface area (Å²) in [7, 11) is 0. The fourth-order valence-electron chi connectivity index (χ4n) is 2.35. The summed E-state index contributed by atoms with van der Waals surface area (Å²) in [6.45, 7) is -0.405. The Labute approximate surface area is 149 Å². The van der Waals surface area contributed by atoms with Crippen molar-refractivity contribution >= 4 is 34.5 Å². The molecule has 0 aliphatic carbocycles. The number of nitrogens with zero attached hydrogens (tertiary/aromatic N) is 1. The highest BCUT2D eigenvalue weighted by Gasteiger charge is 2.06. The van der Waals surface area contributed by atoms with E-state index in [0.717, 1.165) is 16.5 Å². The number of carbonyl (C=O) groups excluding carboxylic acids is 2. The van der Waals surface area contributed by atoms with Crippen LogP contribution in [0.2, 0.25) is 0 Å². The lowest BCUT2D eigenvalue weighted by Crippen LogP contribution is -2.20. The van der Waals surface area contributed by atoms with E-state index in [-0.39, 0.29) is 5.75 Å². The Kier molecular flexibility index (Phi) is 5.24. The van der Waals surface area contributed by atoms with Crippen molar-refractivity contribution in [3.05, 3.63) is 72.4 Å². The van der Waals surface area contributed by atoms with E-state index in [4.69, 9.17) is 4.74 Å². The quantitative estimate of drug-likeness (QED) is 0.420. The van der Waals surface area contributed by atoms with E-state index in [1.54, 1.807) is 24.4 Å². The van der Waals surface area contributed by atoms with E-state index in [1.165, 1.54) is 18.2 Å². The molecule has 1 amide bonds. The molecule has 26 heavy (non-hydrogen) atoms. The fourth-order valence-corrected chi connectivity index (χ4v) is 2.35. The van der Waals surface area contributed by atoms with Crippen LogP contribution in [-0.2, 0) is 14.3 Å². The zero-order chi connectivity index (χ0) is 18.4. The van der Waals surface area contributed by atoms with Gasteiger partial charge in [-0.15, -0.1) is 0 Å². The maximum atomic E-state index is 11.8. The predicted octanol–water partition coefficient (Wildman–Crippen LogP) is 3.14. The van der Waals surface area contributed by atoms with Gasteiger partial charge in [0.25, 0.3) is 5.91 Å². The molecule has 0 saturated heterocycles. The van der Waals surface area contributed by atoms with Gasteiger partial charge < -0.3 is 15.2 Å². The molecular weight excluding hydrogens is 332 g/mol. The summed E-state index contributed by atoms with van der Waals surface area (Å²) in [6.07, 6.45) is 4.55. The van der Waals surface area contributed by atoms with Crippen molar-refractivity contribution in [3.8, 4) is 5.75 Å². The third-order valence-electron chi connectivity index (χ3n) is 3.56. The topological polar surface area (TPSA) is 88.5 Å². The summed E-state index contributed by atoms with van der Waals surface area (Å²) in [5.41, 5.74) is 2.07. The van der Waals surface area contributed by atoms with E-state index in [0.29, 0.717) is 5.69 Å². The Morgan fingerprint density at radius 1 is 1.08 bits per heavy atom. The van der Waals surface area contributed by atoms with Crippen molar-refractivity contribution in [2.45, 2.75) is 0 Å². The smallest absolute Gasteiger partial charge is 0.331 e. The first kappa shape index (κ1) is 17.2. The van der Waals surface area contributed by atoms with Crippen LogP contribution < -0.4 is 5.32 Å². The number of phenolic OH excluding ortho intramolecular Hbond substituents is 1. The molecule has 3 rings (SSSR count). The Morgan fingerprint density at radius 3 is 2.65 bits per heavy atom. The molecule has 2 N–H and O–H groups in total. The van der Waals surface area contributed by atoms with Gasteiger partial charge in [0, 0.05) is 28.9 Å². The van der Waals surface area contributed by atoms with Crippen molar-refractivity contribution in [1.29, 1.82) is 0 Å². The monoisotopic (exact) mass is 348 g/mol. The van der Waals surface area contributed by atoms with Gasteiger partial charge in [-0.1, -0.05) is 24.3 Å². The molecule has 1 heterocycles. The first-order valence-electron chi connectivity index (χ1n) is 7.89. The van der Waals surface area contributed by atoms with Crippen molar-refractivity contribution in [3.63, 3.8) is 0 Å². The van der Waals surface area contributed by atoms with Gasteiger partial charge in [-0.3, -0.25) is 9.78 Å². The third-order valence-corrected chi connectivity index (χ3v) is 3.56. The number of aromatic hydroxyl groups is 1. The van der Waals surface area contributed by atoms with Crippen LogP contribution in [0.5, 0.6) is 5.75 Å². The van der Waals surface area contributed by atoms with Crippen LogP contribution >= 0.6 is 0 Å². The molecule has 0 unspecified atom stereocenters. The maximum Gasteiger partial charge on any atom is 0.331 e. The Hall–Kier alpha value is -3.67. The van der Waals surface area contributed by atoms with E-state index in [2.05, 4.69) is 10.3 Å². The average molecular weight is 348 g/mol. The number of carbonyl (C=O) groups is 2. The molecule has 0 bridgehead atoms. The molecular formula is C20H16N2O4. The van der Waals surface area contributed by atoms with Crippen LogP contribution in [0.15, 0.2) is 66.9 Å². The molecule has 0 aliphatic rings. The number of amides is 1. The lowest BCUT2D eigenvalue weighted by atomic mass is 10.1. The normalized spacial score (nSPS) is 10.8. The number of pyridine rings is 1. The van der Waals surface area contributed by atoms with Crippen molar-refractivity contribution < 1.29 is 19.4 Å². The Morgan fingerprint density at radius 2 is 1.85 bits per heavy atom. The van der Waals surface area contributed by atoms with Crippen molar-refractivity contribution in [1.82, 2.24) is 4.98 Å². The summed E-state index contributed by atoms with van der Waals surface area (Å²) in [5, 5.41) is 12.7. The summed E-state index contributed by atoms with van der Waals surface area (Å²) in [4.78, 5) is 27.9. The van der Waals surface area contributed by atoms with Crippen LogP contribution in [0, 0.1) is 0 Å². The van der Waals surface area contributed by atoms with E-state index >= 15 is 0 Å². The number of para-hydroxylation sites is 1. The molecule has 130 valence electrons. The van der Waals surface area contributed by atoms with Gasteiger partial charge in [0.2, 0.25) is 0 Å². The fraction of sp³-hybridized carbons (Fsp3) is 0.0500. The second-order valence-corrected chi connectivity index (χ2v) is 5.46. The largest absolute Gasteiger partial charge is 0.508 e. The summed E-state index contributed by atoms with van der Waals surface area (Å²) < 4.78 is 4.93. The van der Waals surface area contributed by atoms with Gasteiger partial charge in [0.05, 0.1) is 5.52 Å². The highest BCUT2D eigenvalue weighted by Crippen LogP contribution is 2.17. The maximum absolute atomic E-state index is 11.8. The molecule has 0 radical (unpaired) electrons. The molecule has 6 heteroatoms. The number of nitrogens with one attached hydrogen (secondary N) is 1. The number of anilines is 1. The van der Waals surface area contributed by atoms with E-state index in [1.807, 2.05) is 30.3 Å². The molecule has 2 aromatic carbocycles. The Bertz CT molecular complexity index is 960. The number of hydrogen-bond donors (Lipinski definition) is 2. The minimum absolute atomic E-state index is 0.0995. The SMILES string of the molecule is O=C(COC(=O)C=Cc1cccc2cccnc12)Nc1ccc(O)cc1. The van der Waals surface area contributed by atoms with Crippen LogP contribution in [-0.4, -0.2) is 28.6 Å². The minimum Gasteiger partial charge on any atom is -0.508 e. The standard InChI is InChI=1S/C20H16N2O4/c23-17-9-7-16(8-10-17)22-18(24)13-26-19(25)11-6-15-4-1-3-14-5-2-12-21-20(14)15/h1-12,23H,13H2,(H,22,24). The lowest BCUT2D eigenvalue weighted by Gasteiger charge is -2.05.